The molecule has 0 saturated carbocycles. The number of anilines is 1. The van der Waals surface area contributed by atoms with Crippen molar-refractivity contribution < 1.29 is 15.0 Å². The summed E-state index contributed by atoms with van der Waals surface area (Å²) in [6.07, 6.45) is 2.52. The minimum Gasteiger partial charge on any atom is -0.508 e. The molecule has 7 heteroatoms. The number of benzene rings is 2. The van der Waals surface area contributed by atoms with Gasteiger partial charge >= 0.3 is 0 Å². The molecular weight excluding hydrogens is 332 g/mol. The lowest BCUT2D eigenvalue weighted by Gasteiger charge is -2.19. The molecule has 1 heterocycles. The summed E-state index contributed by atoms with van der Waals surface area (Å²) < 4.78 is 0. The molecule has 1 atom stereocenters. The van der Waals surface area contributed by atoms with Gasteiger partial charge in [-0.25, -0.2) is 5.43 Å². The highest BCUT2D eigenvalue weighted by molar-refractivity contribution is 6.05. The third kappa shape index (κ3) is 4.18. The molecule has 1 unspecified atom stereocenters. The molecule has 7 nitrogen and oxygen atoms in total. The molecule has 2 aromatic rings. The molecule has 0 bridgehead atoms. The third-order valence-corrected chi connectivity index (χ3v) is 4.11. The van der Waals surface area contributed by atoms with Gasteiger partial charge in [-0.1, -0.05) is 25.1 Å². The first-order valence-corrected chi connectivity index (χ1v) is 8.28. The third-order valence-electron chi connectivity index (χ3n) is 4.11. The van der Waals surface area contributed by atoms with E-state index in [0.29, 0.717) is 18.4 Å². The van der Waals surface area contributed by atoms with Gasteiger partial charge in [0.2, 0.25) is 5.91 Å². The molecule has 0 aliphatic carbocycles. The van der Waals surface area contributed by atoms with E-state index in [2.05, 4.69) is 21.1 Å². The highest BCUT2D eigenvalue weighted by Crippen LogP contribution is 2.22. The van der Waals surface area contributed by atoms with E-state index < -0.39 is 0 Å². The lowest BCUT2D eigenvalue weighted by molar-refractivity contribution is -0.121. The molecule has 134 valence electrons. The number of carbonyl (C=O) groups is 1. The Kier molecular flexibility index (Phi) is 5.17. The van der Waals surface area contributed by atoms with Crippen molar-refractivity contribution in [3.05, 3.63) is 53.6 Å². The second kappa shape index (κ2) is 7.69. The number of hydrogen-bond acceptors (Lipinski definition) is 6. The zero-order valence-corrected chi connectivity index (χ0v) is 14.3. The summed E-state index contributed by atoms with van der Waals surface area (Å²) in [6, 6.07) is 12.1. The molecule has 0 aromatic heterocycles. The fourth-order valence-electron chi connectivity index (χ4n) is 2.71. The summed E-state index contributed by atoms with van der Waals surface area (Å²) in [5, 5.41) is 27.3. The Morgan fingerprint density at radius 2 is 2.04 bits per heavy atom. The monoisotopic (exact) mass is 352 g/mol. The van der Waals surface area contributed by atoms with Crippen LogP contribution in [0.2, 0.25) is 0 Å². The maximum atomic E-state index is 11.3. The van der Waals surface area contributed by atoms with Crippen molar-refractivity contribution in [1.82, 2.24) is 5.43 Å². The van der Waals surface area contributed by atoms with Crippen molar-refractivity contribution in [3.8, 4) is 11.5 Å². The van der Waals surface area contributed by atoms with Crippen LogP contribution in [0, 0.1) is 5.92 Å². The topological polar surface area (TPSA) is 106 Å². The molecule has 0 saturated heterocycles. The highest BCUT2D eigenvalue weighted by atomic mass is 16.3. The van der Waals surface area contributed by atoms with Crippen LogP contribution < -0.4 is 10.9 Å². The Bertz CT molecular complexity index is 860. The summed E-state index contributed by atoms with van der Waals surface area (Å²) >= 11 is 0. The van der Waals surface area contributed by atoms with Crippen molar-refractivity contribution in [1.29, 1.82) is 0 Å². The molecule has 1 aliphatic heterocycles. The number of hydrazone groups is 2. The molecule has 0 radical (unpaired) electrons. The zero-order valence-electron chi connectivity index (χ0n) is 14.3. The number of phenols is 2. The lowest BCUT2D eigenvalue weighted by atomic mass is 9.94. The minimum absolute atomic E-state index is 0.0258. The standard InChI is InChI=1S/C19H20N4O3/c1-12-10-18(26)22-23-19(12)14-2-5-15(6-3-14)21-20-9-8-13-4-7-16(24)11-17(13)25/h2-7,9,11-12,21,24-25H,8,10H2,1H3,(H,22,26). The van der Waals surface area contributed by atoms with Crippen LogP contribution in [0.5, 0.6) is 11.5 Å². The zero-order chi connectivity index (χ0) is 18.5. The van der Waals surface area contributed by atoms with Gasteiger partial charge in [-0.05, 0) is 29.3 Å². The SMILES string of the molecule is CC1CC(=O)NN=C1c1ccc(NN=CCc2ccc(O)cc2O)cc1. The maximum Gasteiger partial charge on any atom is 0.240 e. The number of rotatable bonds is 5. The summed E-state index contributed by atoms with van der Waals surface area (Å²) in [5.74, 6) is 0.0836. The van der Waals surface area contributed by atoms with Crippen LogP contribution in [-0.2, 0) is 11.2 Å². The van der Waals surface area contributed by atoms with Crippen LogP contribution in [0.3, 0.4) is 0 Å². The molecule has 1 amide bonds. The fourth-order valence-corrected chi connectivity index (χ4v) is 2.71. The lowest BCUT2D eigenvalue weighted by Crippen LogP contribution is -2.31. The molecule has 2 aromatic carbocycles. The Morgan fingerprint density at radius 3 is 2.73 bits per heavy atom. The smallest absolute Gasteiger partial charge is 0.240 e. The second-order valence-electron chi connectivity index (χ2n) is 6.16. The largest absolute Gasteiger partial charge is 0.508 e. The summed E-state index contributed by atoms with van der Waals surface area (Å²) in [7, 11) is 0. The fraction of sp³-hybridized carbons (Fsp3) is 0.211. The van der Waals surface area contributed by atoms with E-state index in [1.807, 2.05) is 31.2 Å². The molecule has 3 rings (SSSR count). The number of hydrogen-bond donors (Lipinski definition) is 4. The number of nitrogens with zero attached hydrogens (tertiary/aromatic N) is 2. The van der Waals surface area contributed by atoms with Gasteiger partial charge in [0.25, 0.3) is 0 Å². The van der Waals surface area contributed by atoms with Crippen molar-refractivity contribution in [2.24, 2.45) is 16.1 Å². The van der Waals surface area contributed by atoms with Crippen LogP contribution in [-0.4, -0.2) is 28.0 Å². The summed E-state index contributed by atoms with van der Waals surface area (Å²) in [5.41, 5.74) is 8.75. The quantitative estimate of drug-likeness (QED) is 0.490. The minimum atomic E-state index is -0.0615. The molecule has 0 spiro atoms. The van der Waals surface area contributed by atoms with E-state index in [-0.39, 0.29) is 23.3 Å². The van der Waals surface area contributed by atoms with Crippen molar-refractivity contribution >= 4 is 23.5 Å². The predicted octanol–water partition coefficient (Wildman–Crippen LogP) is 2.60. The van der Waals surface area contributed by atoms with E-state index >= 15 is 0 Å². The van der Waals surface area contributed by atoms with Crippen LogP contribution in [0.15, 0.2) is 52.7 Å². The average Bonchev–Trinajstić information content (AvgIpc) is 2.61. The van der Waals surface area contributed by atoms with Gasteiger partial charge in [0.15, 0.2) is 0 Å². The number of amides is 1. The predicted molar refractivity (Wildman–Crippen MR) is 100 cm³/mol. The van der Waals surface area contributed by atoms with Gasteiger partial charge in [0.05, 0.1) is 11.4 Å². The Hall–Kier alpha value is -3.35. The van der Waals surface area contributed by atoms with Gasteiger partial charge in [-0.3, -0.25) is 10.2 Å². The molecule has 4 N–H and O–H groups in total. The Balaban J connectivity index is 1.58. The molecule has 1 aliphatic rings. The number of nitrogens with one attached hydrogen (secondary N) is 2. The normalized spacial score (nSPS) is 17.0. The number of carbonyl (C=O) groups excluding carboxylic acids is 1. The highest BCUT2D eigenvalue weighted by Gasteiger charge is 2.21. The Morgan fingerprint density at radius 1 is 1.27 bits per heavy atom. The van der Waals surface area contributed by atoms with Gasteiger partial charge in [0, 0.05) is 31.0 Å². The first-order chi connectivity index (χ1) is 12.5. The average molecular weight is 352 g/mol. The first kappa shape index (κ1) is 17.5. The Labute approximate surface area is 151 Å². The number of aromatic hydroxyl groups is 2. The van der Waals surface area contributed by atoms with Crippen LogP contribution >= 0.6 is 0 Å². The van der Waals surface area contributed by atoms with E-state index in [9.17, 15) is 15.0 Å². The van der Waals surface area contributed by atoms with Crippen LogP contribution in [0.25, 0.3) is 0 Å². The van der Waals surface area contributed by atoms with E-state index in [1.54, 1.807) is 12.3 Å². The summed E-state index contributed by atoms with van der Waals surface area (Å²) in [6.45, 7) is 1.98. The van der Waals surface area contributed by atoms with Gasteiger partial charge in [-0.2, -0.15) is 10.2 Å². The van der Waals surface area contributed by atoms with E-state index in [1.165, 1.54) is 12.1 Å². The molecular formula is C19H20N4O3. The second-order valence-corrected chi connectivity index (χ2v) is 6.16. The number of phenolic OH excluding ortho intramolecular Hbond substituents is 2. The van der Waals surface area contributed by atoms with Crippen LogP contribution in [0.4, 0.5) is 5.69 Å². The first-order valence-electron chi connectivity index (χ1n) is 8.28. The maximum absolute atomic E-state index is 11.3. The van der Waals surface area contributed by atoms with Crippen molar-refractivity contribution in [3.63, 3.8) is 0 Å². The van der Waals surface area contributed by atoms with Gasteiger partial charge in [0.1, 0.15) is 11.5 Å². The van der Waals surface area contributed by atoms with Crippen LogP contribution in [0.1, 0.15) is 24.5 Å². The molecule has 26 heavy (non-hydrogen) atoms. The molecule has 0 fully saturated rings. The van der Waals surface area contributed by atoms with Crippen molar-refractivity contribution in [2.75, 3.05) is 5.43 Å². The van der Waals surface area contributed by atoms with Gasteiger partial charge < -0.3 is 10.2 Å². The van der Waals surface area contributed by atoms with E-state index in [0.717, 1.165) is 17.0 Å². The van der Waals surface area contributed by atoms with Gasteiger partial charge in [-0.15, -0.1) is 0 Å². The van der Waals surface area contributed by atoms with E-state index in [4.69, 9.17) is 0 Å². The van der Waals surface area contributed by atoms with Crippen molar-refractivity contribution in [2.45, 2.75) is 19.8 Å². The summed E-state index contributed by atoms with van der Waals surface area (Å²) in [4.78, 5) is 11.3.